The predicted molar refractivity (Wildman–Crippen MR) is 92.4 cm³/mol. The zero-order valence-electron chi connectivity index (χ0n) is 14.9. The van der Waals surface area contributed by atoms with Crippen LogP contribution in [0, 0.1) is 6.92 Å². The molecule has 1 aromatic carbocycles. The second kappa shape index (κ2) is 7.38. The van der Waals surface area contributed by atoms with Gasteiger partial charge in [0.1, 0.15) is 11.3 Å². The van der Waals surface area contributed by atoms with E-state index in [0.717, 1.165) is 10.9 Å². The van der Waals surface area contributed by atoms with Crippen molar-refractivity contribution >= 4 is 22.8 Å². The Bertz CT molecular complexity index is 747. The standard InChI is InChI=1S/C18H24N2O4/c1-6-20(7-2)16(21)11-19(4)18(22)17-12(3)14-10-13(23-5)8-9-15(14)24-17/h8-10H,6-7,11H2,1-5H3. The summed E-state index contributed by atoms with van der Waals surface area (Å²) in [6.45, 7) is 6.94. The smallest absolute Gasteiger partial charge is 0.290 e. The van der Waals surface area contributed by atoms with Crippen molar-refractivity contribution in [2.75, 3.05) is 33.8 Å². The van der Waals surface area contributed by atoms with Gasteiger partial charge < -0.3 is 19.0 Å². The van der Waals surface area contributed by atoms with Gasteiger partial charge in [0, 0.05) is 31.1 Å². The van der Waals surface area contributed by atoms with Crippen molar-refractivity contribution in [2.24, 2.45) is 0 Å². The zero-order valence-corrected chi connectivity index (χ0v) is 14.9. The molecule has 0 aliphatic rings. The lowest BCUT2D eigenvalue weighted by molar-refractivity contribution is -0.131. The van der Waals surface area contributed by atoms with E-state index in [2.05, 4.69) is 0 Å². The van der Waals surface area contributed by atoms with E-state index < -0.39 is 0 Å². The Morgan fingerprint density at radius 3 is 2.46 bits per heavy atom. The topological polar surface area (TPSA) is 63.0 Å². The summed E-state index contributed by atoms with van der Waals surface area (Å²) in [7, 11) is 3.20. The molecule has 6 nitrogen and oxygen atoms in total. The normalized spacial score (nSPS) is 10.7. The number of likely N-dealkylation sites (N-methyl/N-ethyl adjacent to an activating group) is 2. The van der Waals surface area contributed by atoms with E-state index in [0.29, 0.717) is 24.4 Å². The van der Waals surface area contributed by atoms with Crippen LogP contribution in [0.5, 0.6) is 5.75 Å². The Kier molecular flexibility index (Phi) is 5.49. The SMILES string of the molecule is CCN(CC)C(=O)CN(C)C(=O)c1oc2ccc(OC)cc2c1C. The molecule has 0 atom stereocenters. The second-order valence-electron chi connectivity index (χ2n) is 5.65. The van der Waals surface area contributed by atoms with Gasteiger partial charge in [-0.2, -0.15) is 0 Å². The maximum absolute atomic E-state index is 12.7. The second-order valence-corrected chi connectivity index (χ2v) is 5.65. The number of methoxy groups -OCH3 is 1. The summed E-state index contributed by atoms with van der Waals surface area (Å²) in [5.74, 6) is 0.582. The molecule has 0 radical (unpaired) electrons. The van der Waals surface area contributed by atoms with E-state index in [1.807, 2.05) is 26.8 Å². The van der Waals surface area contributed by atoms with E-state index in [1.54, 1.807) is 31.2 Å². The molecule has 0 saturated heterocycles. The molecule has 0 aliphatic heterocycles. The fraction of sp³-hybridized carbons (Fsp3) is 0.444. The molecule has 6 heteroatoms. The van der Waals surface area contributed by atoms with E-state index >= 15 is 0 Å². The van der Waals surface area contributed by atoms with Crippen LogP contribution in [0.3, 0.4) is 0 Å². The van der Waals surface area contributed by atoms with Crippen molar-refractivity contribution in [1.29, 1.82) is 0 Å². The van der Waals surface area contributed by atoms with Crippen molar-refractivity contribution < 1.29 is 18.7 Å². The van der Waals surface area contributed by atoms with E-state index in [4.69, 9.17) is 9.15 Å². The molecule has 0 aliphatic carbocycles. The average Bonchev–Trinajstić information content (AvgIpc) is 2.91. The molecule has 24 heavy (non-hydrogen) atoms. The minimum Gasteiger partial charge on any atom is -0.497 e. The first-order chi connectivity index (χ1) is 11.4. The molecule has 0 unspecified atom stereocenters. The largest absolute Gasteiger partial charge is 0.497 e. The predicted octanol–water partition coefficient (Wildman–Crippen LogP) is 2.69. The van der Waals surface area contributed by atoms with E-state index in [-0.39, 0.29) is 24.1 Å². The molecule has 2 rings (SSSR count). The van der Waals surface area contributed by atoms with Gasteiger partial charge in [0.25, 0.3) is 5.91 Å². The number of aryl methyl sites for hydroxylation is 1. The van der Waals surface area contributed by atoms with Crippen molar-refractivity contribution in [2.45, 2.75) is 20.8 Å². The average molecular weight is 332 g/mol. The first-order valence-electron chi connectivity index (χ1n) is 8.03. The first-order valence-corrected chi connectivity index (χ1v) is 8.03. The number of nitrogens with zero attached hydrogens (tertiary/aromatic N) is 2. The Balaban J connectivity index is 2.24. The molecule has 0 fully saturated rings. The van der Waals surface area contributed by atoms with Crippen LogP contribution in [0.25, 0.3) is 11.0 Å². The van der Waals surface area contributed by atoms with Crippen LogP contribution in [0.2, 0.25) is 0 Å². The quantitative estimate of drug-likeness (QED) is 0.816. The Morgan fingerprint density at radius 1 is 1.21 bits per heavy atom. The van der Waals surface area contributed by atoms with Crippen molar-refractivity contribution in [3.8, 4) is 5.75 Å². The molecule has 0 bridgehead atoms. The lowest BCUT2D eigenvalue weighted by atomic mass is 10.1. The van der Waals surface area contributed by atoms with Crippen molar-refractivity contribution in [3.05, 3.63) is 29.5 Å². The maximum atomic E-state index is 12.7. The van der Waals surface area contributed by atoms with E-state index in [9.17, 15) is 9.59 Å². The van der Waals surface area contributed by atoms with E-state index in [1.165, 1.54) is 4.90 Å². The third-order valence-electron chi connectivity index (χ3n) is 4.17. The molecule has 130 valence electrons. The number of fused-ring (bicyclic) bond motifs is 1. The Morgan fingerprint density at radius 2 is 1.88 bits per heavy atom. The number of hydrogen-bond donors (Lipinski definition) is 0. The highest BCUT2D eigenvalue weighted by atomic mass is 16.5. The van der Waals surface area contributed by atoms with Crippen LogP contribution >= 0.6 is 0 Å². The van der Waals surface area contributed by atoms with Gasteiger partial charge in [0.2, 0.25) is 5.91 Å². The number of benzene rings is 1. The molecule has 0 N–H and O–H groups in total. The third-order valence-corrected chi connectivity index (χ3v) is 4.17. The monoisotopic (exact) mass is 332 g/mol. The zero-order chi connectivity index (χ0) is 17.9. The van der Waals surface area contributed by atoms with Gasteiger partial charge in [-0.05, 0) is 39.0 Å². The number of hydrogen-bond acceptors (Lipinski definition) is 4. The first kappa shape index (κ1) is 17.8. The summed E-state index contributed by atoms with van der Waals surface area (Å²) in [5, 5.41) is 0.834. The minimum absolute atomic E-state index is 0.0281. The summed E-state index contributed by atoms with van der Waals surface area (Å²) < 4.78 is 10.9. The molecule has 1 heterocycles. The van der Waals surface area contributed by atoms with Gasteiger partial charge in [-0.1, -0.05) is 0 Å². The fourth-order valence-corrected chi connectivity index (χ4v) is 2.66. The lowest BCUT2D eigenvalue weighted by Gasteiger charge is -2.22. The number of amides is 2. The number of furan rings is 1. The van der Waals surface area contributed by atoms with Gasteiger partial charge >= 0.3 is 0 Å². The van der Waals surface area contributed by atoms with Crippen molar-refractivity contribution in [1.82, 2.24) is 9.80 Å². The molecule has 0 spiro atoms. The van der Waals surface area contributed by atoms with Crippen LogP contribution in [-0.4, -0.2) is 55.4 Å². The fourth-order valence-electron chi connectivity index (χ4n) is 2.66. The summed E-state index contributed by atoms with van der Waals surface area (Å²) in [6.07, 6.45) is 0. The minimum atomic E-state index is -0.303. The van der Waals surface area contributed by atoms with Crippen LogP contribution in [0.4, 0.5) is 0 Å². The van der Waals surface area contributed by atoms with Crippen LogP contribution in [0.15, 0.2) is 22.6 Å². The molecular weight excluding hydrogens is 308 g/mol. The highest BCUT2D eigenvalue weighted by Gasteiger charge is 2.23. The van der Waals surface area contributed by atoms with Crippen LogP contribution in [0.1, 0.15) is 30.0 Å². The van der Waals surface area contributed by atoms with Gasteiger partial charge in [-0.25, -0.2) is 0 Å². The van der Waals surface area contributed by atoms with Crippen LogP contribution in [-0.2, 0) is 4.79 Å². The van der Waals surface area contributed by atoms with Gasteiger partial charge in [0.05, 0.1) is 13.7 Å². The van der Waals surface area contributed by atoms with Crippen LogP contribution < -0.4 is 4.74 Å². The molecule has 2 amide bonds. The molecular formula is C18H24N2O4. The molecule has 1 aromatic heterocycles. The van der Waals surface area contributed by atoms with Crippen molar-refractivity contribution in [3.63, 3.8) is 0 Å². The highest BCUT2D eigenvalue weighted by molar-refractivity contribution is 6.00. The third kappa shape index (κ3) is 3.37. The summed E-state index contributed by atoms with van der Waals surface area (Å²) in [4.78, 5) is 27.9. The number of carbonyl (C=O) groups is 2. The molecule has 0 saturated carbocycles. The highest BCUT2D eigenvalue weighted by Crippen LogP contribution is 2.29. The maximum Gasteiger partial charge on any atom is 0.290 e. The number of ether oxygens (including phenoxy) is 1. The summed E-state index contributed by atoms with van der Waals surface area (Å²) in [5.41, 5.74) is 1.37. The Hall–Kier alpha value is -2.50. The van der Waals surface area contributed by atoms with Gasteiger partial charge in [-0.3, -0.25) is 9.59 Å². The van der Waals surface area contributed by atoms with Gasteiger partial charge in [0.15, 0.2) is 5.76 Å². The Labute approximate surface area is 142 Å². The lowest BCUT2D eigenvalue weighted by Crippen LogP contribution is -2.41. The summed E-state index contributed by atoms with van der Waals surface area (Å²) >= 11 is 0. The van der Waals surface area contributed by atoms with Gasteiger partial charge in [-0.15, -0.1) is 0 Å². The number of rotatable bonds is 6. The summed E-state index contributed by atoms with van der Waals surface area (Å²) in [6, 6.07) is 5.40. The molecule has 2 aromatic rings. The number of carbonyl (C=O) groups excluding carboxylic acids is 2.